The van der Waals surface area contributed by atoms with Crippen LogP contribution in [0.1, 0.15) is 109 Å². The highest BCUT2D eigenvalue weighted by molar-refractivity contribution is 5.14. The average Bonchev–Trinajstić information content (AvgIpc) is 3.13. The number of imidazole rings is 1. The average molecular weight is 398 g/mol. The molecule has 1 aromatic carbocycles. The predicted molar refractivity (Wildman–Crippen MR) is 125 cm³/mol. The largest absolute Gasteiger partial charge is 0.256 e. The molecule has 0 aliphatic carbocycles. The maximum atomic E-state index is 2.51. The zero-order valence-corrected chi connectivity index (χ0v) is 19.4. The molecule has 2 aromatic rings. The van der Waals surface area contributed by atoms with Gasteiger partial charge in [-0.15, -0.1) is 0 Å². The first-order valence-corrected chi connectivity index (χ1v) is 12.4. The lowest BCUT2D eigenvalue weighted by molar-refractivity contribution is -0.704. The fraction of sp³-hybridized carbons (Fsp3) is 0.667. The van der Waals surface area contributed by atoms with Crippen molar-refractivity contribution in [1.82, 2.24) is 4.57 Å². The van der Waals surface area contributed by atoms with E-state index >= 15 is 0 Å². The Morgan fingerprint density at radius 1 is 0.759 bits per heavy atom. The van der Waals surface area contributed by atoms with Crippen LogP contribution in [0.4, 0.5) is 0 Å². The van der Waals surface area contributed by atoms with Crippen LogP contribution in [0.25, 0.3) is 0 Å². The highest BCUT2D eigenvalue weighted by atomic mass is 15.2. The Morgan fingerprint density at radius 3 is 2.00 bits per heavy atom. The van der Waals surface area contributed by atoms with Crippen molar-refractivity contribution in [2.75, 3.05) is 0 Å². The topological polar surface area (TPSA) is 8.81 Å². The number of aryl methyl sites for hydroxylation is 2. The van der Waals surface area contributed by atoms with Crippen molar-refractivity contribution in [3.8, 4) is 0 Å². The molecule has 29 heavy (non-hydrogen) atoms. The summed E-state index contributed by atoms with van der Waals surface area (Å²) in [5.74, 6) is 1.52. The smallest absolute Gasteiger partial charge is 0.234 e. The molecule has 2 heteroatoms. The van der Waals surface area contributed by atoms with Gasteiger partial charge in [-0.25, -0.2) is 9.13 Å². The molecule has 1 heterocycles. The Morgan fingerprint density at radius 2 is 1.38 bits per heavy atom. The predicted octanol–water partition coefficient (Wildman–Crippen LogP) is 7.45. The van der Waals surface area contributed by atoms with Gasteiger partial charge in [-0.3, -0.25) is 0 Å². The van der Waals surface area contributed by atoms with Gasteiger partial charge in [-0.1, -0.05) is 95.0 Å². The van der Waals surface area contributed by atoms with Crippen molar-refractivity contribution in [1.29, 1.82) is 0 Å². The van der Waals surface area contributed by atoms with Gasteiger partial charge in [0.25, 0.3) is 5.82 Å². The number of aromatic nitrogens is 2. The Kier molecular flexibility index (Phi) is 11.8. The summed E-state index contributed by atoms with van der Waals surface area (Å²) in [4.78, 5) is 0. The second-order valence-corrected chi connectivity index (χ2v) is 8.93. The summed E-state index contributed by atoms with van der Waals surface area (Å²) in [5, 5.41) is 0. The summed E-state index contributed by atoms with van der Waals surface area (Å²) in [6.07, 6.45) is 22.2. The van der Waals surface area contributed by atoms with Crippen LogP contribution in [0.15, 0.2) is 42.7 Å². The molecule has 0 aliphatic heterocycles. The third-order valence-corrected chi connectivity index (χ3v) is 6.05. The van der Waals surface area contributed by atoms with Gasteiger partial charge in [0, 0.05) is 6.42 Å². The molecule has 0 saturated carbocycles. The van der Waals surface area contributed by atoms with E-state index in [2.05, 4.69) is 72.6 Å². The van der Waals surface area contributed by atoms with Crippen molar-refractivity contribution in [2.45, 2.75) is 117 Å². The minimum atomic E-state index is 0.545. The Balaban J connectivity index is 1.70. The van der Waals surface area contributed by atoms with E-state index in [1.165, 1.54) is 94.9 Å². The Hall–Kier alpha value is -1.57. The number of benzene rings is 1. The molecule has 162 valence electrons. The van der Waals surface area contributed by atoms with Gasteiger partial charge in [0.05, 0.1) is 12.6 Å². The Bertz CT molecular complexity index is 642. The molecule has 2 nitrogen and oxygen atoms in total. The standard InChI is InChI=1S/C27H45N2/c1-4-5-6-7-8-9-10-11-12-16-21-27-28(23-24-29(27)25(2)3)22-17-20-26-18-14-13-15-19-26/h13-15,18-19,23-25H,4-12,16-17,20-22H2,1-3H3/q+1. The zero-order chi connectivity index (χ0) is 20.7. The van der Waals surface area contributed by atoms with E-state index in [0.717, 1.165) is 6.54 Å². The normalized spacial score (nSPS) is 11.4. The lowest BCUT2D eigenvalue weighted by Crippen LogP contribution is -2.37. The van der Waals surface area contributed by atoms with Gasteiger partial charge < -0.3 is 0 Å². The summed E-state index contributed by atoms with van der Waals surface area (Å²) in [6, 6.07) is 11.4. The van der Waals surface area contributed by atoms with Crippen molar-refractivity contribution in [3.05, 3.63) is 54.1 Å². The van der Waals surface area contributed by atoms with E-state index < -0.39 is 0 Å². The summed E-state index contributed by atoms with van der Waals surface area (Å²) in [6.45, 7) is 8.02. The van der Waals surface area contributed by atoms with E-state index in [9.17, 15) is 0 Å². The molecule has 2 rings (SSSR count). The van der Waals surface area contributed by atoms with Crippen LogP contribution in [-0.2, 0) is 19.4 Å². The molecule has 1 aromatic heterocycles. The summed E-state index contributed by atoms with van der Waals surface area (Å²) >= 11 is 0. The van der Waals surface area contributed by atoms with Gasteiger partial charge in [0.2, 0.25) is 0 Å². The van der Waals surface area contributed by atoms with Gasteiger partial charge in [0.1, 0.15) is 12.4 Å². The van der Waals surface area contributed by atoms with Crippen molar-refractivity contribution < 1.29 is 4.57 Å². The molecule has 0 bridgehead atoms. The van der Waals surface area contributed by atoms with Crippen molar-refractivity contribution in [2.24, 2.45) is 0 Å². The molecule has 0 saturated heterocycles. The number of hydrogen-bond donors (Lipinski definition) is 0. The van der Waals surface area contributed by atoms with E-state index in [4.69, 9.17) is 0 Å². The highest BCUT2D eigenvalue weighted by Gasteiger charge is 2.18. The lowest BCUT2D eigenvalue weighted by Gasteiger charge is -2.08. The highest BCUT2D eigenvalue weighted by Crippen LogP contribution is 2.14. The van der Waals surface area contributed by atoms with E-state index in [1.54, 1.807) is 0 Å². The fourth-order valence-corrected chi connectivity index (χ4v) is 4.29. The van der Waals surface area contributed by atoms with Crippen LogP contribution >= 0.6 is 0 Å². The molecule has 0 amide bonds. The first-order valence-electron chi connectivity index (χ1n) is 12.4. The molecular weight excluding hydrogens is 352 g/mol. The Labute approximate surface area is 180 Å². The summed E-state index contributed by atoms with van der Waals surface area (Å²) in [7, 11) is 0. The first-order chi connectivity index (χ1) is 14.2. The van der Waals surface area contributed by atoms with E-state index in [1.807, 2.05) is 0 Å². The third-order valence-electron chi connectivity index (χ3n) is 6.05. The van der Waals surface area contributed by atoms with Crippen LogP contribution in [0, 0.1) is 0 Å². The second kappa shape index (κ2) is 14.4. The minimum Gasteiger partial charge on any atom is -0.234 e. The molecule has 0 unspecified atom stereocenters. The monoisotopic (exact) mass is 397 g/mol. The molecule has 0 radical (unpaired) electrons. The van der Waals surface area contributed by atoms with Gasteiger partial charge >= 0.3 is 0 Å². The zero-order valence-electron chi connectivity index (χ0n) is 19.4. The molecule has 0 atom stereocenters. The van der Waals surface area contributed by atoms with Crippen molar-refractivity contribution in [3.63, 3.8) is 0 Å². The molecule has 0 fully saturated rings. The molecule has 0 aliphatic rings. The number of rotatable bonds is 16. The second-order valence-electron chi connectivity index (χ2n) is 8.93. The lowest BCUT2D eigenvalue weighted by atomic mass is 10.1. The maximum Gasteiger partial charge on any atom is 0.256 e. The third kappa shape index (κ3) is 9.19. The fourth-order valence-electron chi connectivity index (χ4n) is 4.29. The van der Waals surface area contributed by atoms with Crippen LogP contribution in [0.5, 0.6) is 0 Å². The maximum absolute atomic E-state index is 2.51. The van der Waals surface area contributed by atoms with Gasteiger partial charge in [0.15, 0.2) is 0 Å². The van der Waals surface area contributed by atoms with Crippen LogP contribution in [0.2, 0.25) is 0 Å². The number of unbranched alkanes of at least 4 members (excludes halogenated alkanes) is 9. The van der Waals surface area contributed by atoms with Crippen LogP contribution in [-0.4, -0.2) is 4.57 Å². The van der Waals surface area contributed by atoms with Crippen molar-refractivity contribution >= 4 is 0 Å². The van der Waals surface area contributed by atoms with E-state index in [0.29, 0.717) is 6.04 Å². The quantitative estimate of drug-likeness (QED) is 0.205. The number of hydrogen-bond acceptors (Lipinski definition) is 0. The van der Waals surface area contributed by atoms with Gasteiger partial charge in [-0.2, -0.15) is 0 Å². The molecule has 0 spiro atoms. The summed E-state index contributed by atoms with van der Waals surface area (Å²) < 4.78 is 4.99. The SMILES string of the molecule is CCCCCCCCCCCCc1n(C(C)C)cc[n+]1CCCc1ccccc1. The minimum absolute atomic E-state index is 0.545. The van der Waals surface area contributed by atoms with Gasteiger partial charge in [-0.05, 0) is 38.7 Å². The molecular formula is C27H45N2+. The van der Waals surface area contributed by atoms with Crippen LogP contribution in [0.3, 0.4) is 0 Å². The van der Waals surface area contributed by atoms with E-state index in [-0.39, 0.29) is 0 Å². The number of nitrogens with zero attached hydrogens (tertiary/aromatic N) is 2. The molecule has 0 N–H and O–H groups in total. The summed E-state index contributed by atoms with van der Waals surface area (Å²) in [5.41, 5.74) is 1.45. The first kappa shape index (κ1) is 23.7. The van der Waals surface area contributed by atoms with Crippen LogP contribution < -0.4 is 4.57 Å².